The number of carbonyl (C=O) groups excluding carboxylic acids is 1. The third kappa shape index (κ3) is 4.18. The third-order valence-electron chi connectivity index (χ3n) is 5.69. The zero-order chi connectivity index (χ0) is 20.4. The van der Waals surface area contributed by atoms with E-state index in [-0.39, 0.29) is 11.5 Å². The number of hydrogen-bond acceptors (Lipinski definition) is 4. The van der Waals surface area contributed by atoms with Crippen molar-refractivity contribution in [1.29, 1.82) is 0 Å². The lowest BCUT2D eigenvalue weighted by Gasteiger charge is -2.22. The van der Waals surface area contributed by atoms with Crippen LogP contribution in [-0.2, 0) is 30.9 Å². The Bertz CT molecular complexity index is 899. The Morgan fingerprint density at radius 1 is 1.17 bits per heavy atom. The van der Waals surface area contributed by atoms with Crippen LogP contribution in [0.5, 0.6) is 0 Å². The van der Waals surface area contributed by atoms with E-state index in [2.05, 4.69) is 16.5 Å². The van der Waals surface area contributed by atoms with Crippen molar-refractivity contribution >= 4 is 5.91 Å². The highest BCUT2D eigenvalue weighted by molar-refractivity contribution is 5.94. The Morgan fingerprint density at radius 3 is 2.83 bits per heavy atom. The van der Waals surface area contributed by atoms with Gasteiger partial charge in [-0.1, -0.05) is 0 Å². The molecule has 156 valence electrons. The minimum absolute atomic E-state index is 0.185. The normalized spacial score (nSPS) is 17.8. The molecule has 1 aromatic carbocycles. The van der Waals surface area contributed by atoms with E-state index in [1.165, 1.54) is 17.3 Å². The molecule has 1 fully saturated rings. The minimum atomic E-state index is -0.995. The van der Waals surface area contributed by atoms with Gasteiger partial charge < -0.3 is 9.64 Å². The fourth-order valence-corrected chi connectivity index (χ4v) is 4.12. The van der Waals surface area contributed by atoms with Gasteiger partial charge in [0, 0.05) is 62.5 Å². The highest BCUT2D eigenvalue weighted by Crippen LogP contribution is 2.23. The Labute approximate surface area is 169 Å². The summed E-state index contributed by atoms with van der Waals surface area (Å²) in [5, 5.41) is 4.79. The number of rotatable bonds is 4. The molecule has 1 saturated heterocycles. The Hall–Kier alpha value is -2.32. The van der Waals surface area contributed by atoms with Crippen LogP contribution in [0.2, 0.25) is 0 Å². The molecule has 1 aromatic heterocycles. The number of ether oxygens (including phenoxy) is 1. The van der Waals surface area contributed by atoms with Gasteiger partial charge in [-0.15, -0.1) is 0 Å². The fraction of sp³-hybridized carbons (Fsp3) is 0.524. The van der Waals surface area contributed by atoms with Crippen molar-refractivity contribution in [3.05, 3.63) is 52.3 Å². The lowest BCUT2D eigenvalue weighted by atomic mass is 10.1. The van der Waals surface area contributed by atoms with Crippen LogP contribution in [0.1, 0.15) is 40.7 Å². The predicted molar refractivity (Wildman–Crippen MR) is 103 cm³/mol. The van der Waals surface area contributed by atoms with Gasteiger partial charge in [-0.2, -0.15) is 5.10 Å². The lowest BCUT2D eigenvalue weighted by Crippen LogP contribution is -2.35. The molecule has 1 amide bonds. The van der Waals surface area contributed by atoms with Crippen molar-refractivity contribution in [3.63, 3.8) is 0 Å². The van der Waals surface area contributed by atoms with Crippen molar-refractivity contribution in [2.75, 3.05) is 32.8 Å². The van der Waals surface area contributed by atoms with E-state index >= 15 is 0 Å². The van der Waals surface area contributed by atoms with Crippen molar-refractivity contribution in [3.8, 4) is 0 Å². The van der Waals surface area contributed by atoms with Crippen molar-refractivity contribution < 1.29 is 18.3 Å². The smallest absolute Gasteiger partial charge is 0.254 e. The molecule has 0 unspecified atom stereocenters. The molecule has 4 rings (SSSR count). The van der Waals surface area contributed by atoms with Crippen molar-refractivity contribution in [1.82, 2.24) is 19.6 Å². The number of hydrogen-bond donors (Lipinski definition) is 0. The zero-order valence-corrected chi connectivity index (χ0v) is 16.7. The topological polar surface area (TPSA) is 50.6 Å². The van der Waals surface area contributed by atoms with Gasteiger partial charge in [-0.05, 0) is 31.5 Å². The Kier molecular flexibility index (Phi) is 5.91. The molecule has 0 spiro atoms. The van der Waals surface area contributed by atoms with E-state index in [0.29, 0.717) is 26.2 Å². The number of amides is 1. The summed E-state index contributed by atoms with van der Waals surface area (Å²) in [4.78, 5) is 16.7. The molecule has 2 aromatic rings. The summed E-state index contributed by atoms with van der Waals surface area (Å²) in [5.74, 6) is -2.19. The molecule has 0 saturated carbocycles. The molecular weight excluding hydrogens is 378 g/mol. The third-order valence-corrected chi connectivity index (χ3v) is 5.69. The summed E-state index contributed by atoms with van der Waals surface area (Å²) < 4.78 is 34.4. The first-order valence-corrected chi connectivity index (χ1v) is 10.2. The highest BCUT2D eigenvalue weighted by Gasteiger charge is 2.25. The van der Waals surface area contributed by atoms with E-state index in [9.17, 15) is 13.6 Å². The molecule has 2 aliphatic rings. The molecule has 3 heterocycles. The lowest BCUT2D eigenvalue weighted by molar-refractivity contribution is 0.0760. The molecule has 0 N–H and O–H groups in total. The van der Waals surface area contributed by atoms with Crippen LogP contribution < -0.4 is 0 Å². The molecule has 0 bridgehead atoms. The maximum absolute atomic E-state index is 13.5. The molecule has 0 aliphatic carbocycles. The first kappa shape index (κ1) is 20.0. The maximum Gasteiger partial charge on any atom is 0.254 e. The summed E-state index contributed by atoms with van der Waals surface area (Å²) in [7, 11) is 0. The summed E-state index contributed by atoms with van der Waals surface area (Å²) in [6.07, 6.45) is 1.72. The first-order valence-electron chi connectivity index (χ1n) is 10.2. The zero-order valence-electron chi connectivity index (χ0n) is 16.7. The second-order valence-electron chi connectivity index (χ2n) is 7.54. The van der Waals surface area contributed by atoms with E-state index in [0.717, 1.165) is 56.9 Å². The van der Waals surface area contributed by atoms with Crippen LogP contribution >= 0.6 is 0 Å². The monoisotopic (exact) mass is 404 g/mol. The summed E-state index contributed by atoms with van der Waals surface area (Å²) in [6.45, 7) is 7.73. The van der Waals surface area contributed by atoms with Crippen LogP contribution in [0, 0.1) is 11.6 Å². The van der Waals surface area contributed by atoms with Crippen LogP contribution in [0.25, 0.3) is 0 Å². The maximum atomic E-state index is 13.5. The van der Waals surface area contributed by atoms with Crippen LogP contribution in [0.15, 0.2) is 18.2 Å². The van der Waals surface area contributed by atoms with E-state index < -0.39 is 11.6 Å². The first-order chi connectivity index (χ1) is 14.1. The number of carbonyl (C=O) groups is 1. The fourth-order valence-electron chi connectivity index (χ4n) is 4.12. The van der Waals surface area contributed by atoms with Gasteiger partial charge >= 0.3 is 0 Å². The molecule has 6 nitrogen and oxygen atoms in total. The number of aryl methyl sites for hydroxylation is 1. The molecule has 0 radical (unpaired) electrons. The van der Waals surface area contributed by atoms with Gasteiger partial charge in [0.1, 0.15) is 0 Å². The predicted octanol–water partition coefficient (Wildman–Crippen LogP) is 2.60. The summed E-state index contributed by atoms with van der Waals surface area (Å²) in [5.41, 5.74) is 3.72. The number of fused-ring (bicyclic) bond motifs is 1. The standard InChI is InChI=1S/C21H26F2N4O2/c1-2-27-20-6-11-29-14-16(20)19(24-27)13-25-7-3-8-26(10-9-25)21(28)15-4-5-17(22)18(23)12-15/h4-5,12H,2-3,6-11,13-14H2,1H3. The van der Waals surface area contributed by atoms with E-state index in [4.69, 9.17) is 9.84 Å². The number of benzene rings is 1. The van der Waals surface area contributed by atoms with Crippen LogP contribution in [0.3, 0.4) is 0 Å². The molecular formula is C21H26F2N4O2. The summed E-state index contributed by atoms with van der Waals surface area (Å²) in [6, 6.07) is 3.32. The van der Waals surface area contributed by atoms with Crippen LogP contribution in [-0.4, -0.2) is 58.3 Å². The molecule has 2 aliphatic heterocycles. The Balaban J connectivity index is 1.42. The molecule has 29 heavy (non-hydrogen) atoms. The average Bonchev–Trinajstić information content (AvgIpc) is 2.91. The van der Waals surface area contributed by atoms with E-state index in [1.54, 1.807) is 4.90 Å². The van der Waals surface area contributed by atoms with Crippen molar-refractivity contribution in [2.24, 2.45) is 0 Å². The summed E-state index contributed by atoms with van der Waals surface area (Å²) >= 11 is 0. The minimum Gasteiger partial charge on any atom is -0.376 e. The number of aromatic nitrogens is 2. The van der Waals surface area contributed by atoms with Crippen molar-refractivity contribution in [2.45, 2.75) is 39.5 Å². The van der Waals surface area contributed by atoms with Gasteiger partial charge in [0.2, 0.25) is 0 Å². The largest absolute Gasteiger partial charge is 0.376 e. The SMILES string of the molecule is CCn1nc(CN2CCCN(C(=O)c3ccc(F)c(F)c3)CC2)c2c1CCOC2. The second-order valence-corrected chi connectivity index (χ2v) is 7.54. The Morgan fingerprint density at radius 2 is 2.03 bits per heavy atom. The number of halogens is 2. The van der Waals surface area contributed by atoms with Gasteiger partial charge in [0.05, 0.1) is 18.9 Å². The van der Waals surface area contributed by atoms with Gasteiger partial charge in [-0.25, -0.2) is 8.78 Å². The van der Waals surface area contributed by atoms with Gasteiger partial charge in [0.25, 0.3) is 5.91 Å². The second kappa shape index (κ2) is 8.59. The van der Waals surface area contributed by atoms with Gasteiger partial charge in [0.15, 0.2) is 11.6 Å². The number of nitrogens with zero attached hydrogens (tertiary/aromatic N) is 4. The average molecular weight is 404 g/mol. The van der Waals surface area contributed by atoms with E-state index in [1.807, 2.05) is 0 Å². The quantitative estimate of drug-likeness (QED) is 0.786. The highest BCUT2D eigenvalue weighted by atomic mass is 19.2. The molecule has 0 atom stereocenters. The molecule has 8 heteroatoms. The van der Waals surface area contributed by atoms with Crippen LogP contribution in [0.4, 0.5) is 8.78 Å². The van der Waals surface area contributed by atoms with Gasteiger partial charge in [-0.3, -0.25) is 14.4 Å².